The molecule has 1 fully saturated rings. The number of aromatic nitrogens is 1. The van der Waals surface area contributed by atoms with Crippen LogP contribution in [0.5, 0.6) is 5.75 Å². The third kappa shape index (κ3) is 4.85. The Morgan fingerprint density at radius 3 is 2.74 bits per heavy atom. The summed E-state index contributed by atoms with van der Waals surface area (Å²) in [6.07, 6.45) is 3.28. The SMILES string of the molecule is CCOc1ccc(-c2csc(NC(=O)C3CCCCN3S(C)(=O)=O)n2)cc1. The van der Waals surface area contributed by atoms with Gasteiger partial charge in [0.05, 0.1) is 18.6 Å². The van der Waals surface area contributed by atoms with Crippen molar-refractivity contribution in [1.29, 1.82) is 0 Å². The minimum absolute atomic E-state index is 0.326. The number of nitrogens with zero attached hydrogens (tertiary/aromatic N) is 2. The number of carbonyl (C=O) groups is 1. The predicted octanol–water partition coefficient (Wildman–Crippen LogP) is 2.96. The molecular formula is C18H23N3O4S2. The molecular weight excluding hydrogens is 386 g/mol. The van der Waals surface area contributed by atoms with Crippen LogP contribution in [0.25, 0.3) is 11.3 Å². The highest BCUT2D eigenvalue weighted by molar-refractivity contribution is 7.88. The summed E-state index contributed by atoms with van der Waals surface area (Å²) in [7, 11) is -3.42. The lowest BCUT2D eigenvalue weighted by atomic mass is 10.0. The van der Waals surface area contributed by atoms with E-state index in [4.69, 9.17) is 4.74 Å². The number of piperidine rings is 1. The van der Waals surface area contributed by atoms with Crippen molar-refractivity contribution in [1.82, 2.24) is 9.29 Å². The van der Waals surface area contributed by atoms with Crippen molar-refractivity contribution in [3.8, 4) is 17.0 Å². The smallest absolute Gasteiger partial charge is 0.244 e. The Kier molecular flexibility index (Phi) is 6.13. The first kappa shape index (κ1) is 19.8. The second-order valence-electron chi connectivity index (χ2n) is 6.37. The Bertz CT molecular complexity index is 894. The van der Waals surface area contributed by atoms with Crippen LogP contribution >= 0.6 is 11.3 Å². The number of amides is 1. The molecule has 1 amide bonds. The zero-order valence-electron chi connectivity index (χ0n) is 15.3. The van der Waals surface area contributed by atoms with Crippen LogP contribution in [0.3, 0.4) is 0 Å². The number of carbonyl (C=O) groups excluding carboxylic acids is 1. The molecule has 1 aliphatic rings. The Hall–Kier alpha value is -1.97. The van der Waals surface area contributed by atoms with Crippen molar-refractivity contribution < 1.29 is 17.9 Å². The molecule has 7 nitrogen and oxygen atoms in total. The van der Waals surface area contributed by atoms with Gasteiger partial charge in [0.1, 0.15) is 11.8 Å². The molecule has 1 aromatic carbocycles. The van der Waals surface area contributed by atoms with Gasteiger partial charge in [-0.05, 0) is 44.0 Å². The number of ether oxygens (including phenoxy) is 1. The molecule has 1 unspecified atom stereocenters. The average Bonchev–Trinajstić information content (AvgIpc) is 3.10. The van der Waals surface area contributed by atoms with Gasteiger partial charge in [-0.15, -0.1) is 11.3 Å². The number of anilines is 1. The van der Waals surface area contributed by atoms with E-state index in [1.165, 1.54) is 15.6 Å². The number of rotatable bonds is 6. The number of nitrogens with one attached hydrogen (secondary N) is 1. The molecule has 1 atom stereocenters. The maximum Gasteiger partial charge on any atom is 0.244 e. The number of benzene rings is 1. The number of sulfonamides is 1. The molecule has 27 heavy (non-hydrogen) atoms. The van der Waals surface area contributed by atoms with Crippen molar-refractivity contribution in [3.63, 3.8) is 0 Å². The maximum atomic E-state index is 12.6. The van der Waals surface area contributed by atoms with E-state index in [0.717, 1.165) is 36.1 Å². The third-order valence-corrected chi connectivity index (χ3v) is 6.42. The van der Waals surface area contributed by atoms with E-state index in [1.807, 2.05) is 36.6 Å². The molecule has 0 saturated carbocycles. The highest BCUT2D eigenvalue weighted by Crippen LogP contribution is 2.27. The van der Waals surface area contributed by atoms with Gasteiger partial charge in [-0.2, -0.15) is 4.31 Å². The Morgan fingerprint density at radius 1 is 1.33 bits per heavy atom. The van der Waals surface area contributed by atoms with Crippen LogP contribution in [0.4, 0.5) is 5.13 Å². The zero-order chi connectivity index (χ0) is 19.4. The number of hydrogen-bond acceptors (Lipinski definition) is 6. The van der Waals surface area contributed by atoms with E-state index in [1.54, 1.807) is 0 Å². The Morgan fingerprint density at radius 2 is 2.07 bits per heavy atom. The van der Waals surface area contributed by atoms with E-state index >= 15 is 0 Å². The van der Waals surface area contributed by atoms with Gasteiger partial charge in [0.15, 0.2) is 5.13 Å². The van der Waals surface area contributed by atoms with E-state index < -0.39 is 16.1 Å². The van der Waals surface area contributed by atoms with Gasteiger partial charge < -0.3 is 10.1 Å². The van der Waals surface area contributed by atoms with Gasteiger partial charge >= 0.3 is 0 Å². The van der Waals surface area contributed by atoms with E-state index in [9.17, 15) is 13.2 Å². The van der Waals surface area contributed by atoms with E-state index in [2.05, 4.69) is 10.3 Å². The molecule has 3 rings (SSSR count). The molecule has 146 valence electrons. The van der Waals surface area contributed by atoms with Crippen LogP contribution in [0.2, 0.25) is 0 Å². The highest BCUT2D eigenvalue weighted by atomic mass is 32.2. The van der Waals surface area contributed by atoms with Gasteiger partial charge in [0.25, 0.3) is 0 Å². The minimum atomic E-state index is -3.42. The molecule has 0 aliphatic carbocycles. The lowest BCUT2D eigenvalue weighted by Gasteiger charge is -2.32. The fourth-order valence-corrected chi connectivity index (χ4v) is 4.95. The fraction of sp³-hybridized carbons (Fsp3) is 0.444. The Labute approximate surface area is 163 Å². The van der Waals surface area contributed by atoms with Crippen LogP contribution in [-0.4, -0.2) is 49.1 Å². The van der Waals surface area contributed by atoms with Gasteiger partial charge in [-0.1, -0.05) is 6.42 Å². The first-order valence-corrected chi connectivity index (χ1v) is 11.6. The molecule has 0 radical (unpaired) electrons. The number of hydrogen-bond donors (Lipinski definition) is 1. The summed E-state index contributed by atoms with van der Waals surface area (Å²) in [5.74, 6) is 0.468. The summed E-state index contributed by atoms with van der Waals surface area (Å²) in [6, 6.07) is 6.91. The van der Waals surface area contributed by atoms with Crippen LogP contribution in [0.1, 0.15) is 26.2 Å². The molecule has 0 spiro atoms. The van der Waals surface area contributed by atoms with Crippen molar-refractivity contribution in [2.75, 3.05) is 24.7 Å². The van der Waals surface area contributed by atoms with E-state index in [0.29, 0.717) is 24.7 Å². The first-order valence-electron chi connectivity index (χ1n) is 8.85. The van der Waals surface area contributed by atoms with Crippen LogP contribution in [-0.2, 0) is 14.8 Å². The van der Waals surface area contributed by atoms with E-state index in [-0.39, 0.29) is 5.91 Å². The lowest BCUT2D eigenvalue weighted by Crippen LogP contribution is -2.49. The zero-order valence-corrected chi connectivity index (χ0v) is 17.0. The first-order chi connectivity index (χ1) is 12.9. The second-order valence-corrected chi connectivity index (χ2v) is 9.16. The standard InChI is InChI=1S/C18H23N3O4S2/c1-3-25-14-9-7-13(8-10-14)15-12-26-18(19-15)20-17(22)16-6-4-5-11-21(16)27(2,23)24/h7-10,12,16H,3-6,11H2,1-2H3,(H,19,20,22). The minimum Gasteiger partial charge on any atom is -0.494 e. The van der Waals surface area contributed by atoms with Crippen LogP contribution in [0.15, 0.2) is 29.6 Å². The molecule has 1 aromatic heterocycles. The molecule has 2 aromatic rings. The van der Waals surface area contributed by atoms with Crippen molar-refractivity contribution in [3.05, 3.63) is 29.6 Å². The quantitative estimate of drug-likeness (QED) is 0.792. The van der Waals surface area contributed by atoms with Gasteiger partial charge in [0, 0.05) is 17.5 Å². The lowest BCUT2D eigenvalue weighted by molar-refractivity contribution is -0.120. The summed E-state index contributed by atoms with van der Waals surface area (Å²) in [5, 5.41) is 5.10. The normalized spacial score (nSPS) is 18.2. The largest absolute Gasteiger partial charge is 0.494 e. The van der Waals surface area contributed by atoms with Gasteiger partial charge in [-0.3, -0.25) is 4.79 Å². The Balaban J connectivity index is 1.70. The molecule has 0 bridgehead atoms. The summed E-state index contributed by atoms with van der Waals surface area (Å²) in [5.41, 5.74) is 1.67. The number of thiazole rings is 1. The van der Waals surface area contributed by atoms with Crippen molar-refractivity contribution in [2.24, 2.45) is 0 Å². The molecule has 1 saturated heterocycles. The van der Waals surface area contributed by atoms with Crippen LogP contribution in [0, 0.1) is 0 Å². The molecule has 1 N–H and O–H groups in total. The van der Waals surface area contributed by atoms with Crippen molar-refractivity contribution >= 4 is 32.4 Å². The maximum absolute atomic E-state index is 12.6. The third-order valence-electron chi connectivity index (χ3n) is 4.38. The van der Waals surface area contributed by atoms with Gasteiger partial charge in [0.2, 0.25) is 15.9 Å². The molecule has 9 heteroatoms. The fourth-order valence-electron chi connectivity index (χ4n) is 3.11. The summed E-state index contributed by atoms with van der Waals surface area (Å²) < 4.78 is 30.6. The predicted molar refractivity (Wildman–Crippen MR) is 107 cm³/mol. The monoisotopic (exact) mass is 409 g/mol. The molecule has 2 heterocycles. The highest BCUT2D eigenvalue weighted by Gasteiger charge is 2.34. The average molecular weight is 410 g/mol. The summed E-state index contributed by atoms with van der Waals surface area (Å²) >= 11 is 1.32. The second kappa shape index (κ2) is 8.37. The topological polar surface area (TPSA) is 88.6 Å². The van der Waals surface area contributed by atoms with Crippen molar-refractivity contribution in [2.45, 2.75) is 32.2 Å². The summed E-state index contributed by atoms with van der Waals surface area (Å²) in [6.45, 7) is 2.92. The van der Waals surface area contributed by atoms with Crippen LogP contribution < -0.4 is 10.1 Å². The summed E-state index contributed by atoms with van der Waals surface area (Å²) in [4.78, 5) is 17.1. The van der Waals surface area contributed by atoms with Gasteiger partial charge in [-0.25, -0.2) is 13.4 Å². The molecule has 1 aliphatic heterocycles.